The van der Waals surface area contributed by atoms with Crippen LogP contribution in [-0.2, 0) is 11.3 Å². The minimum atomic E-state index is -0.809. The lowest BCUT2D eigenvalue weighted by Crippen LogP contribution is -2.36. The third-order valence-corrected chi connectivity index (χ3v) is 3.40. The van der Waals surface area contributed by atoms with Crippen molar-refractivity contribution in [2.45, 2.75) is 16.6 Å². The summed E-state index contributed by atoms with van der Waals surface area (Å²) in [5, 5.41) is 12.2. The second kappa shape index (κ2) is 6.65. The Hall–Kier alpha value is -0.880. The van der Waals surface area contributed by atoms with E-state index in [0.29, 0.717) is 6.54 Å². The lowest BCUT2D eigenvalue weighted by atomic mass is 10.2. The Balaban J connectivity index is 2.44. The van der Waals surface area contributed by atoms with Crippen molar-refractivity contribution in [3.05, 3.63) is 48.6 Å². The van der Waals surface area contributed by atoms with E-state index in [1.165, 1.54) is 6.08 Å². The van der Waals surface area contributed by atoms with Crippen LogP contribution >= 0.6 is 22.6 Å². The summed E-state index contributed by atoms with van der Waals surface area (Å²) in [7, 11) is 0. The summed E-state index contributed by atoms with van der Waals surface area (Å²) in [5.74, 6) is -0.183. The highest BCUT2D eigenvalue weighted by molar-refractivity contribution is 14.1. The molecule has 0 aliphatic heterocycles. The zero-order valence-corrected chi connectivity index (χ0v) is 10.9. The van der Waals surface area contributed by atoms with Crippen LogP contribution in [0.5, 0.6) is 0 Å². The van der Waals surface area contributed by atoms with Gasteiger partial charge in [-0.15, -0.1) is 6.58 Å². The number of benzene rings is 1. The van der Waals surface area contributed by atoms with E-state index in [9.17, 15) is 9.90 Å². The lowest BCUT2D eigenvalue weighted by Gasteiger charge is -2.13. The van der Waals surface area contributed by atoms with Crippen molar-refractivity contribution in [2.24, 2.45) is 0 Å². The van der Waals surface area contributed by atoms with E-state index in [1.54, 1.807) is 0 Å². The Labute approximate surface area is 109 Å². The highest BCUT2D eigenvalue weighted by Crippen LogP contribution is 2.08. The van der Waals surface area contributed by atoms with Crippen LogP contribution in [0.25, 0.3) is 0 Å². The number of amides is 1. The first-order valence-corrected chi connectivity index (χ1v) is 6.16. The third kappa shape index (κ3) is 3.94. The molecule has 16 heavy (non-hydrogen) atoms. The summed E-state index contributed by atoms with van der Waals surface area (Å²) < 4.78 is -0.501. The highest BCUT2D eigenvalue weighted by atomic mass is 127. The Kier molecular flexibility index (Phi) is 5.48. The molecule has 0 aromatic heterocycles. The Bertz CT molecular complexity index is 353. The molecule has 0 aliphatic rings. The number of hydrogen-bond acceptors (Lipinski definition) is 2. The fourth-order valence-electron chi connectivity index (χ4n) is 1.16. The molecule has 2 N–H and O–H groups in total. The maximum atomic E-state index is 11.6. The second-order valence-electron chi connectivity index (χ2n) is 3.33. The molecule has 0 aliphatic carbocycles. The molecule has 0 bridgehead atoms. The number of aliphatic hydroxyl groups is 1. The summed E-state index contributed by atoms with van der Waals surface area (Å²) in [4.78, 5) is 11.6. The Morgan fingerprint density at radius 2 is 2.12 bits per heavy atom. The van der Waals surface area contributed by atoms with E-state index >= 15 is 0 Å². The van der Waals surface area contributed by atoms with E-state index in [-0.39, 0.29) is 5.91 Å². The van der Waals surface area contributed by atoms with Gasteiger partial charge in [-0.05, 0) is 5.56 Å². The normalized spacial score (nSPS) is 13.9. The number of aliphatic hydroxyl groups excluding tert-OH is 1. The molecule has 0 saturated heterocycles. The van der Waals surface area contributed by atoms with Gasteiger partial charge in [-0.3, -0.25) is 4.79 Å². The van der Waals surface area contributed by atoms with Gasteiger partial charge in [-0.1, -0.05) is 59.0 Å². The SMILES string of the molecule is C=C[C@@H](O)[C@H](I)C(=O)NCc1ccccc1. The average molecular weight is 331 g/mol. The van der Waals surface area contributed by atoms with E-state index in [0.717, 1.165) is 5.56 Å². The van der Waals surface area contributed by atoms with Crippen LogP contribution in [0.15, 0.2) is 43.0 Å². The number of rotatable bonds is 5. The zero-order valence-electron chi connectivity index (χ0n) is 8.77. The topological polar surface area (TPSA) is 49.3 Å². The molecule has 2 atom stereocenters. The van der Waals surface area contributed by atoms with Crippen molar-refractivity contribution in [1.82, 2.24) is 5.32 Å². The zero-order chi connectivity index (χ0) is 12.0. The van der Waals surface area contributed by atoms with Crippen LogP contribution in [0.2, 0.25) is 0 Å². The van der Waals surface area contributed by atoms with Gasteiger partial charge in [0.15, 0.2) is 0 Å². The van der Waals surface area contributed by atoms with Gasteiger partial charge in [0.05, 0.1) is 6.10 Å². The van der Waals surface area contributed by atoms with Crippen molar-refractivity contribution < 1.29 is 9.90 Å². The predicted molar refractivity (Wildman–Crippen MR) is 72.3 cm³/mol. The first-order valence-electron chi connectivity index (χ1n) is 4.91. The summed E-state index contributed by atoms with van der Waals surface area (Å²) in [6, 6.07) is 9.63. The molecular weight excluding hydrogens is 317 g/mol. The molecule has 86 valence electrons. The second-order valence-corrected chi connectivity index (χ2v) is 4.67. The first kappa shape index (κ1) is 13.2. The molecule has 0 radical (unpaired) electrons. The summed E-state index contributed by atoms with van der Waals surface area (Å²) in [6.45, 7) is 3.92. The van der Waals surface area contributed by atoms with Gasteiger partial charge in [0.25, 0.3) is 0 Å². The Morgan fingerprint density at radius 1 is 1.50 bits per heavy atom. The molecule has 0 spiro atoms. The van der Waals surface area contributed by atoms with Crippen molar-refractivity contribution in [3.8, 4) is 0 Å². The molecule has 1 amide bonds. The van der Waals surface area contributed by atoms with E-state index in [2.05, 4.69) is 11.9 Å². The maximum Gasteiger partial charge on any atom is 0.236 e. The molecule has 0 unspecified atom stereocenters. The van der Waals surface area contributed by atoms with Gasteiger partial charge in [-0.25, -0.2) is 0 Å². The standard InChI is InChI=1S/C12H14INO2/c1-2-10(15)11(13)12(16)14-8-9-6-4-3-5-7-9/h2-7,10-11,15H,1,8H2,(H,14,16)/t10-,11+/m1/s1. The van der Waals surface area contributed by atoms with E-state index in [4.69, 9.17) is 0 Å². The van der Waals surface area contributed by atoms with Crippen LogP contribution in [0.4, 0.5) is 0 Å². The molecule has 0 fully saturated rings. The highest BCUT2D eigenvalue weighted by Gasteiger charge is 2.20. The van der Waals surface area contributed by atoms with Gasteiger partial charge in [0.2, 0.25) is 5.91 Å². The van der Waals surface area contributed by atoms with Crippen LogP contribution in [0.1, 0.15) is 5.56 Å². The predicted octanol–water partition coefficient (Wildman–Crippen LogP) is 1.65. The number of alkyl halides is 1. The van der Waals surface area contributed by atoms with Gasteiger partial charge >= 0.3 is 0 Å². The summed E-state index contributed by atoms with van der Waals surface area (Å²) in [5.41, 5.74) is 1.03. The van der Waals surface area contributed by atoms with Crippen molar-refractivity contribution in [3.63, 3.8) is 0 Å². The van der Waals surface area contributed by atoms with Gasteiger partial charge in [0.1, 0.15) is 3.92 Å². The fraction of sp³-hybridized carbons (Fsp3) is 0.250. The number of hydrogen-bond donors (Lipinski definition) is 2. The van der Waals surface area contributed by atoms with Crippen LogP contribution in [0.3, 0.4) is 0 Å². The van der Waals surface area contributed by atoms with Crippen molar-refractivity contribution >= 4 is 28.5 Å². The van der Waals surface area contributed by atoms with Gasteiger partial charge < -0.3 is 10.4 Å². The molecule has 0 heterocycles. The molecule has 3 nitrogen and oxygen atoms in total. The third-order valence-electron chi connectivity index (χ3n) is 2.10. The first-order chi connectivity index (χ1) is 7.65. The van der Waals surface area contributed by atoms with Crippen LogP contribution in [-0.4, -0.2) is 21.0 Å². The number of carbonyl (C=O) groups excluding carboxylic acids is 1. The molecule has 0 saturated carbocycles. The lowest BCUT2D eigenvalue weighted by molar-refractivity contribution is -0.121. The number of nitrogens with one attached hydrogen (secondary N) is 1. The number of halogens is 1. The average Bonchev–Trinajstić information content (AvgIpc) is 2.35. The molecule has 1 aromatic carbocycles. The summed E-state index contributed by atoms with van der Waals surface area (Å²) in [6.07, 6.45) is 0.551. The van der Waals surface area contributed by atoms with Crippen LogP contribution in [0, 0.1) is 0 Å². The Morgan fingerprint density at radius 3 is 2.69 bits per heavy atom. The minimum absolute atomic E-state index is 0.183. The monoisotopic (exact) mass is 331 g/mol. The van der Waals surface area contributed by atoms with Crippen LogP contribution < -0.4 is 5.32 Å². The molecule has 4 heteroatoms. The molecule has 1 rings (SSSR count). The largest absolute Gasteiger partial charge is 0.387 e. The maximum absolute atomic E-state index is 11.6. The van der Waals surface area contributed by atoms with Crippen molar-refractivity contribution in [2.75, 3.05) is 0 Å². The van der Waals surface area contributed by atoms with Gasteiger partial charge in [-0.2, -0.15) is 0 Å². The van der Waals surface area contributed by atoms with Gasteiger partial charge in [0, 0.05) is 6.54 Å². The quantitative estimate of drug-likeness (QED) is 0.490. The molecule has 1 aromatic rings. The summed E-state index contributed by atoms with van der Waals surface area (Å²) >= 11 is 1.90. The fourth-order valence-corrected chi connectivity index (χ4v) is 1.67. The number of carbonyl (C=O) groups is 1. The van der Waals surface area contributed by atoms with E-state index in [1.807, 2.05) is 52.9 Å². The van der Waals surface area contributed by atoms with E-state index < -0.39 is 10.0 Å². The van der Waals surface area contributed by atoms with Crippen molar-refractivity contribution in [1.29, 1.82) is 0 Å². The minimum Gasteiger partial charge on any atom is -0.387 e. The smallest absolute Gasteiger partial charge is 0.236 e. The molecular formula is C12H14INO2.